The number of fused-ring (bicyclic) bond motifs is 1. The van der Waals surface area contributed by atoms with E-state index in [1.54, 1.807) is 0 Å². The minimum atomic E-state index is 0.726. The second kappa shape index (κ2) is 3.86. The Kier molecular flexibility index (Phi) is 2.39. The van der Waals surface area contributed by atoms with Crippen molar-refractivity contribution in [1.82, 2.24) is 0 Å². The van der Waals surface area contributed by atoms with Gasteiger partial charge in [0.15, 0.2) is 0 Å². The molecular weight excluding hydrogens is 192 g/mol. The Morgan fingerprint density at radius 3 is 2.19 bits per heavy atom. The highest BCUT2D eigenvalue weighted by atomic mass is 14.1. The number of hydrogen-bond donors (Lipinski definition) is 0. The second-order valence-corrected chi connectivity index (χ2v) is 3.36. The smallest absolute Gasteiger partial charge is 0.0477 e. The molecule has 0 aliphatic heterocycles. The lowest BCUT2D eigenvalue weighted by Gasteiger charge is -2.04. The predicted octanol–water partition coefficient (Wildman–Crippen LogP) is 2.78. The molecule has 0 radical (unpaired) electrons. The van der Waals surface area contributed by atoms with Gasteiger partial charge >= 0.3 is 0 Å². The molecule has 0 fully saturated rings. The highest BCUT2D eigenvalue weighted by Crippen LogP contribution is 2.22. The van der Waals surface area contributed by atoms with Crippen LogP contribution in [0.25, 0.3) is 10.8 Å². The van der Waals surface area contributed by atoms with Gasteiger partial charge in [-0.05, 0) is 29.0 Å². The van der Waals surface area contributed by atoms with Crippen molar-refractivity contribution in [3.63, 3.8) is 0 Å². The lowest BCUT2D eigenvalue weighted by Crippen LogP contribution is -1.87. The summed E-state index contributed by atoms with van der Waals surface area (Å²) in [6, 6.07) is 9.54. The van der Waals surface area contributed by atoms with Gasteiger partial charge in [-0.3, -0.25) is 0 Å². The first-order chi connectivity index (χ1) is 7.80. The Labute approximate surface area is 95.3 Å². The predicted molar refractivity (Wildman–Crippen MR) is 67.8 cm³/mol. The fourth-order valence-electron chi connectivity index (χ4n) is 1.69. The van der Waals surface area contributed by atoms with Crippen LogP contribution < -0.4 is 0 Å². The van der Waals surface area contributed by atoms with Crippen molar-refractivity contribution in [3.8, 4) is 37.0 Å². The Bertz CT molecular complexity index is 678. The summed E-state index contributed by atoms with van der Waals surface area (Å²) < 4.78 is 0. The molecule has 0 aromatic heterocycles. The SMILES string of the molecule is C#Cc1ccc2ccc(C#C)c(C#C)c2c1. The normalized spacial score (nSPS) is 9.06. The molecule has 2 aromatic carbocycles. The van der Waals surface area contributed by atoms with Gasteiger partial charge in [0.1, 0.15) is 0 Å². The van der Waals surface area contributed by atoms with Crippen LogP contribution >= 0.6 is 0 Å². The van der Waals surface area contributed by atoms with Gasteiger partial charge in [-0.15, -0.1) is 19.3 Å². The van der Waals surface area contributed by atoms with Crippen LogP contribution in [0.2, 0.25) is 0 Å². The lowest BCUT2D eigenvalue weighted by molar-refractivity contribution is 1.63. The van der Waals surface area contributed by atoms with Crippen molar-refractivity contribution in [2.75, 3.05) is 0 Å². The Morgan fingerprint density at radius 1 is 0.812 bits per heavy atom. The molecule has 0 bridgehead atoms. The molecule has 0 saturated carbocycles. The van der Waals surface area contributed by atoms with E-state index in [-0.39, 0.29) is 0 Å². The van der Waals surface area contributed by atoms with Crippen LogP contribution in [-0.2, 0) is 0 Å². The number of hydrogen-bond acceptors (Lipinski definition) is 0. The highest BCUT2D eigenvalue weighted by Gasteiger charge is 2.04. The molecule has 0 saturated heterocycles. The average Bonchev–Trinajstić information content (AvgIpc) is 2.36. The molecular formula is C16H8. The van der Waals surface area contributed by atoms with Gasteiger partial charge in [0, 0.05) is 16.7 Å². The maximum Gasteiger partial charge on any atom is 0.0477 e. The number of terminal acetylenes is 3. The largest absolute Gasteiger partial charge is 0.115 e. The maximum atomic E-state index is 5.49. The van der Waals surface area contributed by atoms with Crippen LogP contribution in [-0.4, -0.2) is 0 Å². The Morgan fingerprint density at radius 2 is 1.56 bits per heavy atom. The summed E-state index contributed by atoms with van der Waals surface area (Å²) in [5.41, 5.74) is 2.26. The first-order valence-electron chi connectivity index (χ1n) is 4.76. The van der Waals surface area contributed by atoms with E-state index in [4.69, 9.17) is 19.3 Å². The quantitative estimate of drug-likeness (QED) is 0.574. The highest BCUT2D eigenvalue weighted by molar-refractivity contribution is 5.91. The molecule has 0 aliphatic carbocycles. The molecule has 0 unspecified atom stereocenters. The van der Waals surface area contributed by atoms with Gasteiger partial charge in [0.05, 0.1) is 0 Å². The van der Waals surface area contributed by atoms with Gasteiger partial charge in [-0.2, -0.15) is 0 Å². The van der Waals surface area contributed by atoms with E-state index in [1.165, 1.54) is 0 Å². The standard InChI is InChI=1S/C16H8/c1-4-12-7-8-14-10-9-13(5-2)15(6-3)16(14)11-12/h1-3,7-11H. The summed E-state index contributed by atoms with van der Waals surface area (Å²) in [5, 5.41) is 1.99. The molecule has 0 aliphatic rings. The molecule has 0 nitrogen and oxygen atoms in total. The first-order valence-corrected chi connectivity index (χ1v) is 4.76. The Balaban J connectivity index is 2.93. The molecule has 0 amide bonds. The van der Waals surface area contributed by atoms with Crippen LogP contribution in [0.15, 0.2) is 30.3 Å². The molecule has 0 heteroatoms. The van der Waals surface area contributed by atoms with Gasteiger partial charge < -0.3 is 0 Å². The molecule has 0 heterocycles. The third kappa shape index (κ3) is 1.42. The summed E-state index contributed by atoms with van der Waals surface area (Å²) in [5.74, 6) is 7.80. The summed E-state index contributed by atoms with van der Waals surface area (Å²) in [6.45, 7) is 0. The molecule has 0 spiro atoms. The van der Waals surface area contributed by atoms with Crippen LogP contribution in [0, 0.1) is 37.0 Å². The summed E-state index contributed by atoms with van der Waals surface area (Å²) in [7, 11) is 0. The fourth-order valence-corrected chi connectivity index (χ4v) is 1.69. The third-order valence-electron chi connectivity index (χ3n) is 2.49. The van der Waals surface area contributed by atoms with Crippen molar-refractivity contribution in [2.24, 2.45) is 0 Å². The third-order valence-corrected chi connectivity index (χ3v) is 2.49. The van der Waals surface area contributed by atoms with E-state index in [0.717, 1.165) is 27.5 Å². The maximum absolute atomic E-state index is 5.49. The number of rotatable bonds is 0. The van der Waals surface area contributed by atoms with Gasteiger partial charge in [0.2, 0.25) is 0 Å². The molecule has 0 N–H and O–H groups in total. The summed E-state index contributed by atoms with van der Waals surface area (Å²) in [4.78, 5) is 0. The van der Waals surface area contributed by atoms with E-state index in [1.807, 2.05) is 30.3 Å². The number of benzene rings is 2. The average molecular weight is 200 g/mol. The minimum Gasteiger partial charge on any atom is -0.115 e. The van der Waals surface area contributed by atoms with Crippen LogP contribution in [0.4, 0.5) is 0 Å². The van der Waals surface area contributed by atoms with Crippen molar-refractivity contribution < 1.29 is 0 Å². The lowest BCUT2D eigenvalue weighted by atomic mass is 9.98. The van der Waals surface area contributed by atoms with Crippen LogP contribution in [0.5, 0.6) is 0 Å². The van der Waals surface area contributed by atoms with Crippen molar-refractivity contribution >= 4 is 10.8 Å². The van der Waals surface area contributed by atoms with Gasteiger partial charge in [0.25, 0.3) is 0 Å². The molecule has 16 heavy (non-hydrogen) atoms. The summed E-state index contributed by atoms with van der Waals surface area (Å²) >= 11 is 0. The molecule has 2 rings (SSSR count). The minimum absolute atomic E-state index is 0.726. The monoisotopic (exact) mass is 200 g/mol. The first kappa shape index (κ1) is 9.92. The molecule has 2 aromatic rings. The van der Waals surface area contributed by atoms with E-state index in [2.05, 4.69) is 17.8 Å². The fraction of sp³-hybridized carbons (Fsp3) is 0. The van der Waals surface area contributed by atoms with Crippen molar-refractivity contribution in [3.05, 3.63) is 47.0 Å². The van der Waals surface area contributed by atoms with E-state index < -0.39 is 0 Å². The zero-order valence-corrected chi connectivity index (χ0v) is 8.62. The molecule has 0 atom stereocenters. The van der Waals surface area contributed by atoms with Crippen LogP contribution in [0.3, 0.4) is 0 Å². The zero-order valence-electron chi connectivity index (χ0n) is 8.62. The van der Waals surface area contributed by atoms with Crippen molar-refractivity contribution in [1.29, 1.82) is 0 Å². The summed E-state index contributed by atoms with van der Waals surface area (Å²) in [6.07, 6.45) is 16.2. The van der Waals surface area contributed by atoms with E-state index in [9.17, 15) is 0 Å². The van der Waals surface area contributed by atoms with Crippen LogP contribution in [0.1, 0.15) is 16.7 Å². The second-order valence-electron chi connectivity index (χ2n) is 3.36. The van der Waals surface area contributed by atoms with Gasteiger partial charge in [-0.1, -0.05) is 29.9 Å². The zero-order chi connectivity index (χ0) is 11.5. The van der Waals surface area contributed by atoms with E-state index >= 15 is 0 Å². The molecule has 72 valence electrons. The van der Waals surface area contributed by atoms with Crippen molar-refractivity contribution in [2.45, 2.75) is 0 Å². The topological polar surface area (TPSA) is 0 Å². The van der Waals surface area contributed by atoms with Gasteiger partial charge in [-0.25, -0.2) is 0 Å². The Hall–Kier alpha value is -2.62. The van der Waals surface area contributed by atoms with E-state index in [0.29, 0.717) is 0 Å².